The van der Waals surface area contributed by atoms with Gasteiger partial charge < -0.3 is 0 Å². The van der Waals surface area contributed by atoms with Crippen molar-refractivity contribution in [1.29, 1.82) is 0 Å². The van der Waals surface area contributed by atoms with Crippen molar-refractivity contribution >= 4 is 11.8 Å². The van der Waals surface area contributed by atoms with Crippen molar-refractivity contribution in [2.75, 3.05) is 6.54 Å². The molecule has 2 rings (SSSR count). The summed E-state index contributed by atoms with van der Waals surface area (Å²) in [5.41, 5.74) is -0.0678. The minimum atomic E-state index is -0.0678. The zero-order valence-corrected chi connectivity index (χ0v) is 9.20. The summed E-state index contributed by atoms with van der Waals surface area (Å²) in [5, 5.41) is 0. The monoisotopic (exact) mass is 195 g/mol. The van der Waals surface area contributed by atoms with E-state index in [-0.39, 0.29) is 29.1 Å². The van der Waals surface area contributed by atoms with Crippen LogP contribution in [0.3, 0.4) is 0 Å². The third-order valence-electron chi connectivity index (χ3n) is 3.44. The summed E-state index contributed by atoms with van der Waals surface area (Å²) in [4.78, 5) is 25.1. The standard InChI is InChI=1S/C11H17NO2/c1-6(2)5-12-9(13)7-8(10(12)14)11(7,3)4/h6-8H,5H2,1-4H3. The molecule has 1 aliphatic carbocycles. The number of amides is 2. The Kier molecular flexibility index (Phi) is 1.79. The summed E-state index contributed by atoms with van der Waals surface area (Å²) in [6.07, 6.45) is 0. The molecule has 0 aromatic heterocycles. The Hall–Kier alpha value is -0.860. The van der Waals surface area contributed by atoms with E-state index in [9.17, 15) is 9.59 Å². The summed E-state index contributed by atoms with van der Waals surface area (Å²) in [7, 11) is 0. The average molecular weight is 195 g/mol. The Bertz CT molecular complexity index is 282. The van der Waals surface area contributed by atoms with Gasteiger partial charge in [0.1, 0.15) is 0 Å². The van der Waals surface area contributed by atoms with Crippen LogP contribution in [0, 0.1) is 23.2 Å². The third kappa shape index (κ3) is 1.04. The van der Waals surface area contributed by atoms with Gasteiger partial charge in [0, 0.05) is 6.54 Å². The number of imide groups is 1. The average Bonchev–Trinajstić information content (AvgIpc) is 2.51. The summed E-state index contributed by atoms with van der Waals surface area (Å²) in [5.74, 6) is 0.434. The molecule has 3 nitrogen and oxygen atoms in total. The first-order chi connectivity index (χ1) is 6.37. The predicted octanol–water partition coefficient (Wildman–Crippen LogP) is 1.28. The van der Waals surface area contributed by atoms with Gasteiger partial charge in [-0.2, -0.15) is 0 Å². The minimum Gasteiger partial charge on any atom is -0.282 e. The number of rotatable bonds is 2. The first-order valence-electron chi connectivity index (χ1n) is 5.22. The molecular formula is C11H17NO2. The zero-order chi connectivity index (χ0) is 10.7. The molecule has 2 unspecified atom stereocenters. The molecule has 2 amide bonds. The van der Waals surface area contributed by atoms with E-state index in [1.807, 2.05) is 27.7 Å². The molecule has 0 N–H and O–H groups in total. The maximum absolute atomic E-state index is 11.8. The van der Waals surface area contributed by atoms with Crippen LogP contribution in [0.25, 0.3) is 0 Å². The molecule has 0 spiro atoms. The van der Waals surface area contributed by atoms with Crippen LogP contribution in [0.5, 0.6) is 0 Å². The van der Waals surface area contributed by atoms with Gasteiger partial charge in [-0.05, 0) is 11.3 Å². The molecule has 1 aliphatic heterocycles. The van der Waals surface area contributed by atoms with Gasteiger partial charge >= 0.3 is 0 Å². The van der Waals surface area contributed by atoms with Crippen LogP contribution in [0.15, 0.2) is 0 Å². The van der Waals surface area contributed by atoms with Gasteiger partial charge in [0.25, 0.3) is 0 Å². The van der Waals surface area contributed by atoms with E-state index in [4.69, 9.17) is 0 Å². The molecule has 0 bridgehead atoms. The molecule has 1 saturated carbocycles. The summed E-state index contributed by atoms with van der Waals surface area (Å²) in [6, 6.07) is 0. The van der Waals surface area contributed by atoms with E-state index >= 15 is 0 Å². The Labute approximate surface area is 84.5 Å². The first-order valence-corrected chi connectivity index (χ1v) is 5.22. The Balaban J connectivity index is 2.14. The van der Waals surface area contributed by atoms with Crippen LogP contribution in [0.1, 0.15) is 27.7 Å². The van der Waals surface area contributed by atoms with Gasteiger partial charge in [0.15, 0.2) is 0 Å². The van der Waals surface area contributed by atoms with Crippen LogP contribution >= 0.6 is 0 Å². The number of likely N-dealkylation sites (tertiary alicyclic amines) is 1. The van der Waals surface area contributed by atoms with Crippen molar-refractivity contribution in [3.63, 3.8) is 0 Å². The highest BCUT2D eigenvalue weighted by molar-refractivity contribution is 6.10. The zero-order valence-electron chi connectivity index (χ0n) is 9.20. The van der Waals surface area contributed by atoms with Gasteiger partial charge in [0.2, 0.25) is 11.8 Å². The maximum atomic E-state index is 11.8. The summed E-state index contributed by atoms with van der Waals surface area (Å²) < 4.78 is 0. The predicted molar refractivity (Wildman–Crippen MR) is 52.3 cm³/mol. The highest BCUT2D eigenvalue weighted by Gasteiger charge is 2.72. The van der Waals surface area contributed by atoms with Gasteiger partial charge in [-0.25, -0.2) is 0 Å². The lowest BCUT2D eigenvalue weighted by Crippen LogP contribution is -2.38. The minimum absolute atomic E-state index is 0.0197. The Morgan fingerprint density at radius 2 is 1.64 bits per heavy atom. The van der Waals surface area contributed by atoms with Crippen LogP contribution in [0.2, 0.25) is 0 Å². The quantitative estimate of drug-likeness (QED) is 0.622. The molecule has 2 aliphatic rings. The highest BCUT2D eigenvalue weighted by Crippen LogP contribution is 2.63. The topological polar surface area (TPSA) is 37.4 Å². The summed E-state index contributed by atoms with van der Waals surface area (Å²) in [6.45, 7) is 8.64. The van der Waals surface area contributed by atoms with Crippen LogP contribution in [-0.4, -0.2) is 23.3 Å². The molecule has 3 heteroatoms. The van der Waals surface area contributed by atoms with Gasteiger partial charge in [-0.1, -0.05) is 27.7 Å². The van der Waals surface area contributed by atoms with Crippen molar-refractivity contribution in [2.45, 2.75) is 27.7 Å². The molecule has 2 atom stereocenters. The van der Waals surface area contributed by atoms with Crippen molar-refractivity contribution in [3.05, 3.63) is 0 Å². The molecule has 78 valence electrons. The third-order valence-corrected chi connectivity index (χ3v) is 3.44. The van der Waals surface area contributed by atoms with Gasteiger partial charge in [0.05, 0.1) is 11.8 Å². The molecule has 0 aromatic carbocycles. The number of carbonyl (C=O) groups is 2. The lowest BCUT2D eigenvalue weighted by Gasteiger charge is -2.21. The Morgan fingerprint density at radius 3 is 2.00 bits per heavy atom. The van der Waals surface area contributed by atoms with Crippen LogP contribution in [-0.2, 0) is 9.59 Å². The second kappa shape index (κ2) is 2.59. The first kappa shape index (κ1) is 9.69. The van der Waals surface area contributed by atoms with Crippen LogP contribution < -0.4 is 0 Å². The van der Waals surface area contributed by atoms with Crippen molar-refractivity contribution < 1.29 is 9.59 Å². The fourth-order valence-electron chi connectivity index (χ4n) is 2.55. The number of hydrogen-bond acceptors (Lipinski definition) is 2. The fourth-order valence-corrected chi connectivity index (χ4v) is 2.55. The van der Waals surface area contributed by atoms with E-state index in [1.54, 1.807) is 0 Å². The molecule has 1 heterocycles. The SMILES string of the molecule is CC(C)CN1C(=O)C2C(C1=O)C2(C)C. The number of carbonyl (C=O) groups excluding carboxylic acids is 2. The number of piperidine rings is 1. The van der Waals surface area contributed by atoms with E-state index in [1.165, 1.54) is 4.90 Å². The fraction of sp³-hybridized carbons (Fsp3) is 0.818. The van der Waals surface area contributed by atoms with E-state index in [0.29, 0.717) is 12.5 Å². The number of hydrogen-bond donors (Lipinski definition) is 0. The maximum Gasteiger partial charge on any atom is 0.233 e. The second-order valence-electron chi connectivity index (χ2n) is 5.46. The number of fused-ring (bicyclic) bond motifs is 1. The van der Waals surface area contributed by atoms with Gasteiger partial charge in [-0.15, -0.1) is 0 Å². The smallest absolute Gasteiger partial charge is 0.233 e. The van der Waals surface area contributed by atoms with Crippen molar-refractivity contribution in [2.24, 2.45) is 23.2 Å². The highest BCUT2D eigenvalue weighted by atomic mass is 16.2. The van der Waals surface area contributed by atoms with E-state index in [0.717, 1.165) is 0 Å². The lowest BCUT2D eigenvalue weighted by molar-refractivity contribution is -0.143. The molecule has 14 heavy (non-hydrogen) atoms. The molecule has 0 radical (unpaired) electrons. The van der Waals surface area contributed by atoms with Crippen molar-refractivity contribution in [3.8, 4) is 0 Å². The Morgan fingerprint density at radius 1 is 1.21 bits per heavy atom. The molecule has 2 fully saturated rings. The molecular weight excluding hydrogens is 178 g/mol. The second-order valence-corrected chi connectivity index (χ2v) is 5.46. The van der Waals surface area contributed by atoms with E-state index in [2.05, 4.69) is 0 Å². The van der Waals surface area contributed by atoms with Crippen molar-refractivity contribution in [1.82, 2.24) is 4.90 Å². The lowest BCUT2D eigenvalue weighted by atomic mass is 10.0. The van der Waals surface area contributed by atoms with Crippen LogP contribution in [0.4, 0.5) is 0 Å². The summed E-state index contributed by atoms with van der Waals surface area (Å²) >= 11 is 0. The normalized spacial score (nSPS) is 33.9. The largest absolute Gasteiger partial charge is 0.282 e. The van der Waals surface area contributed by atoms with E-state index < -0.39 is 0 Å². The van der Waals surface area contributed by atoms with Gasteiger partial charge in [-0.3, -0.25) is 14.5 Å². The molecule has 1 saturated heterocycles. The molecule has 0 aromatic rings. The number of nitrogens with zero attached hydrogens (tertiary/aromatic N) is 1.